The number of imide groups is 1. The highest BCUT2D eigenvalue weighted by Crippen LogP contribution is 2.56. The van der Waals surface area contributed by atoms with Gasteiger partial charge in [-0.1, -0.05) is 23.8 Å². The molecule has 1 aliphatic heterocycles. The molecule has 0 aromatic heterocycles. The number of carboxylic acids is 1. The van der Waals surface area contributed by atoms with Crippen LogP contribution < -0.4 is 0 Å². The quantitative estimate of drug-likeness (QED) is 0.386. The smallest absolute Gasteiger partial charge is 0.305 e. The van der Waals surface area contributed by atoms with E-state index in [4.69, 9.17) is 5.11 Å². The molecule has 4 aliphatic rings. The molecule has 0 radical (unpaired) electrons. The van der Waals surface area contributed by atoms with Gasteiger partial charge in [-0.15, -0.1) is 0 Å². The number of Topliss-reactive ketones (excluding diaryl/α,β-unsaturated/α-hetero) is 1. The van der Waals surface area contributed by atoms with E-state index in [2.05, 4.69) is 0 Å². The van der Waals surface area contributed by atoms with Gasteiger partial charge in [0.15, 0.2) is 23.1 Å². The molecule has 2 amide bonds. The molecule has 180 valence electrons. The predicted octanol–water partition coefficient (Wildman–Crippen LogP) is 2.44. The summed E-state index contributed by atoms with van der Waals surface area (Å²) in [5.41, 5.74) is 1.29. The molecule has 1 saturated heterocycles. The molecule has 0 bridgehead atoms. The summed E-state index contributed by atoms with van der Waals surface area (Å²) in [5.74, 6) is -7.52. The van der Waals surface area contributed by atoms with E-state index in [1.807, 2.05) is 0 Å². The number of phenolic OH excluding ortho intramolecular Hbond substituents is 1. The highest BCUT2D eigenvalue weighted by atomic mass is 19.1. The van der Waals surface area contributed by atoms with Crippen LogP contribution in [0.3, 0.4) is 0 Å². The van der Waals surface area contributed by atoms with E-state index < -0.39 is 58.8 Å². The van der Waals surface area contributed by atoms with Crippen molar-refractivity contribution in [2.75, 3.05) is 6.54 Å². The summed E-state index contributed by atoms with van der Waals surface area (Å²) in [5, 5.41) is 19.6. The van der Waals surface area contributed by atoms with Gasteiger partial charge in [-0.05, 0) is 37.8 Å². The zero-order valence-corrected chi connectivity index (χ0v) is 18.8. The van der Waals surface area contributed by atoms with E-state index in [9.17, 15) is 33.5 Å². The molecular formula is C26H22FNO7. The van der Waals surface area contributed by atoms with Crippen LogP contribution in [-0.4, -0.2) is 51.0 Å². The molecule has 1 fully saturated rings. The number of aromatic hydroxyl groups is 1. The van der Waals surface area contributed by atoms with Gasteiger partial charge in [0.05, 0.1) is 18.3 Å². The number of amides is 2. The van der Waals surface area contributed by atoms with Crippen LogP contribution in [0.5, 0.6) is 5.75 Å². The van der Waals surface area contributed by atoms with Gasteiger partial charge in [0.25, 0.3) is 0 Å². The summed E-state index contributed by atoms with van der Waals surface area (Å²) in [6.45, 7) is 1.27. The zero-order chi connectivity index (χ0) is 25.2. The molecule has 4 atom stereocenters. The van der Waals surface area contributed by atoms with Crippen LogP contribution in [0.2, 0.25) is 0 Å². The highest BCUT2D eigenvalue weighted by molar-refractivity contribution is 6.24. The summed E-state index contributed by atoms with van der Waals surface area (Å²) < 4.78 is 14.4. The minimum absolute atomic E-state index is 0.0506. The maximum atomic E-state index is 14.4. The van der Waals surface area contributed by atoms with Crippen LogP contribution in [0.4, 0.5) is 4.39 Å². The average Bonchev–Trinajstić information content (AvgIpc) is 3.06. The summed E-state index contributed by atoms with van der Waals surface area (Å²) in [4.78, 5) is 64.5. The first-order valence-electron chi connectivity index (χ1n) is 11.4. The second kappa shape index (κ2) is 8.11. The summed E-state index contributed by atoms with van der Waals surface area (Å²) in [7, 11) is 0. The van der Waals surface area contributed by atoms with Crippen molar-refractivity contribution in [3.8, 4) is 5.75 Å². The fourth-order valence-corrected chi connectivity index (χ4v) is 5.97. The van der Waals surface area contributed by atoms with Crippen LogP contribution in [0.1, 0.15) is 37.7 Å². The van der Waals surface area contributed by atoms with Gasteiger partial charge >= 0.3 is 5.97 Å². The molecule has 1 heterocycles. The topological polar surface area (TPSA) is 129 Å². The third-order valence-electron chi connectivity index (χ3n) is 7.53. The minimum Gasteiger partial charge on any atom is -0.505 e. The number of hydrogen-bond acceptors (Lipinski definition) is 6. The molecule has 0 saturated carbocycles. The molecule has 35 heavy (non-hydrogen) atoms. The van der Waals surface area contributed by atoms with Crippen LogP contribution >= 0.6 is 0 Å². The maximum Gasteiger partial charge on any atom is 0.305 e. The van der Waals surface area contributed by atoms with Gasteiger partial charge in [-0.25, -0.2) is 4.39 Å². The second-order valence-electron chi connectivity index (χ2n) is 9.38. The van der Waals surface area contributed by atoms with E-state index in [1.54, 1.807) is 6.08 Å². The Kier molecular flexibility index (Phi) is 5.30. The number of aliphatic carboxylic acids is 1. The summed E-state index contributed by atoms with van der Waals surface area (Å²) in [6.07, 6.45) is 2.83. The van der Waals surface area contributed by atoms with Crippen molar-refractivity contribution in [3.05, 3.63) is 64.0 Å². The molecule has 1 aromatic rings. The Balaban J connectivity index is 1.65. The summed E-state index contributed by atoms with van der Waals surface area (Å²) >= 11 is 0. The zero-order valence-electron chi connectivity index (χ0n) is 18.8. The molecule has 1 aromatic carbocycles. The number of allylic oxidation sites excluding steroid dienone is 6. The fourth-order valence-electron chi connectivity index (χ4n) is 5.97. The number of carboxylic acid groups (broad SMARTS) is 1. The van der Waals surface area contributed by atoms with Crippen molar-refractivity contribution >= 4 is 29.4 Å². The average molecular weight is 479 g/mol. The highest BCUT2D eigenvalue weighted by Gasteiger charge is 2.56. The number of likely N-dealkylation sites (tertiary alicyclic amines) is 1. The standard InChI is InChI=1S/C26H22FNO7/c1-11-9-18(29)16-10-15-12(20(22(16)23(11)32)13-3-2-4-17(27)24(13)33)5-6-14-21(15)26(35)28(25(14)34)8-7-19(30)31/h2-5,9,14-15,20-21,33H,6-8,10H2,1H3,(H,30,31)/t14-,15+,20+,21-/m0/s1. The maximum absolute atomic E-state index is 14.4. The predicted molar refractivity (Wildman–Crippen MR) is 118 cm³/mol. The van der Waals surface area contributed by atoms with Gasteiger partial charge in [0.1, 0.15) is 0 Å². The number of benzene rings is 1. The lowest BCUT2D eigenvalue weighted by molar-refractivity contribution is -0.142. The van der Waals surface area contributed by atoms with Crippen LogP contribution in [0.15, 0.2) is 52.6 Å². The molecule has 8 nitrogen and oxygen atoms in total. The van der Waals surface area contributed by atoms with Crippen molar-refractivity contribution in [2.45, 2.75) is 32.1 Å². The number of nitrogens with zero attached hydrogens (tertiary/aromatic N) is 1. The van der Waals surface area contributed by atoms with Crippen molar-refractivity contribution in [2.24, 2.45) is 17.8 Å². The number of para-hydroxylation sites is 1. The number of phenols is 1. The Hall–Kier alpha value is -3.88. The van der Waals surface area contributed by atoms with Crippen LogP contribution in [0.25, 0.3) is 0 Å². The first-order valence-corrected chi connectivity index (χ1v) is 11.4. The van der Waals surface area contributed by atoms with Crippen molar-refractivity contribution in [3.63, 3.8) is 0 Å². The van der Waals surface area contributed by atoms with E-state index in [-0.39, 0.29) is 53.9 Å². The fraction of sp³-hybridized carbons (Fsp3) is 0.346. The SMILES string of the molecule is CC1=CC(=O)C2=C(C1=O)[C@@H](c1cccc(F)c1O)C1=CC[C@@H]3C(=O)N(CCC(=O)O)C(=O)[C@@H]3[C@@H]1C2. The van der Waals surface area contributed by atoms with E-state index in [0.29, 0.717) is 5.57 Å². The van der Waals surface area contributed by atoms with E-state index in [1.165, 1.54) is 25.1 Å². The molecule has 0 unspecified atom stereocenters. The van der Waals surface area contributed by atoms with Gasteiger partial charge in [0.2, 0.25) is 11.8 Å². The molecule has 0 spiro atoms. The van der Waals surface area contributed by atoms with Gasteiger partial charge in [-0.3, -0.25) is 28.9 Å². The number of halogens is 1. The summed E-state index contributed by atoms with van der Waals surface area (Å²) in [6, 6.07) is 3.96. The van der Waals surface area contributed by atoms with Gasteiger partial charge in [0, 0.05) is 34.7 Å². The number of fused-ring (bicyclic) bond motifs is 3. The van der Waals surface area contributed by atoms with Crippen molar-refractivity contribution < 1.29 is 38.6 Å². The van der Waals surface area contributed by atoms with Crippen molar-refractivity contribution in [1.82, 2.24) is 4.90 Å². The lowest BCUT2D eigenvalue weighted by atomic mass is 9.59. The van der Waals surface area contributed by atoms with Crippen LogP contribution in [0, 0.1) is 23.6 Å². The monoisotopic (exact) mass is 479 g/mol. The van der Waals surface area contributed by atoms with Gasteiger partial charge < -0.3 is 10.2 Å². The largest absolute Gasteiger partial charge is 0.505 e. The molecule has 3 aliphatic carbocycles. The van der Waals surface area contributed by atoms with Crippen molar-refractivity contribution in [1.29, 1.82) is 0 Å². The molecule has 5 rings (SSSR count). The first-order chi connectivity index (χ1) is 16.6. The molecular weight excluding hydrogens is 457 g/mol. The number of rotatable bonds is 4. The Bertz CT molecular complexity index is 1320. The third kappa shape index (κ3) is 3.37. The first kappa shape index (κ1) is 22.9. The normalized spacial score (nSPS) is 27.9. The minimum atomic E-state index is -1.14. The van der Waals surface area contributed by atoms with E-state index >= 15 is 0 Å². The molecule has 2 N–H and O–H groups in total. The number of carbonyl (C=O) groups is 5. The van der Waals surface area contributed by atoms with Crippen LogP contribution in [-0.2, 0) is 24.0 Å². The Labute approximate surface area is 199 Å². The number of ketones is 2. The third-order valence-corrected chi connectivity index (χ3v) is 7.53. The van der Waals surface area contributed by atoms with E-state index in [0.717, 1.165) is 11.0 Å². The Morgan fingerprint density at radius 1 is 1.14 bits per heavy atom. The Morgan fingerprint density at radius 3 is 2.60 bits per heavy atom. The lowest BCUT2D eigenvalue weighted by Gasteiger charge is -2.42. The Morgan fingerprint density at radius 2 is 1.89 bits per heavy atom. The molecule has 9 heteroatoms. The van der Waals surface area contributed by atoms with Gasteiger partial charge in [-0.2, -0.15) is 0 Å². The number of hydrogen-bond donors (Lipinski definition) is 2. The number of carbonyl (C=O) groups excluding carboxylic acids is 4. The lowest BCUT2D eigenvalue weighted by Crippen LogP contribution is -2.40. The second-order valence-corrected chi connectivity index (χ2v) is 9.38.